The van der Waals surface area contributed by atoms with Gasteiger partial charge in [-0.15, -0.1) is 0 Å². The average molecular weight is 485 g/mol. The van der Waals surface area contributed by atoms with Gasteiger partial charge in [-0.2, -0.15) is 0 Å². The van der Waals surface area contributed by atoms with Gasteiger partial charge in [-0.25, -0.2) is 14.4 Å². The van der Waals surface area contributed by atoms with Crippen molar-refractivity contribution < 1.29 is 23.9 Å². The summed E-state index contributed by atoms with van der Waals surface area (Å²) in [7, 11) is 1.30. The average Bonchev–Trinajstić information content (AvgIpc) is 2.82. The number of rotatable bonds is 11. The van der Waals surface area contributed by atoms with Crippen LogP contribution < -0.4 is 20.9 Å². The lowest BCUT2D eigenvalue weighted by molar-refractivity contribution is -0.142. The Morgan fingerprint density at radius 3 is 2.14 bits per heavy atom. The maximum absolute atomic E-state index is 13.2. The Hall–Kier alpha value is -3.59. The zero-order chi connectivity index (χ0) is 25.7. The number of alkyl carbamates (subject to hydrolysis) is 1. The Kier molecular flexibility index (Phi) is 11.0. The molecule has 0 aliphatic rings. The smallest absolute Gasteiger partial charge is 0.407 e. The van der Waals surface area contributed by atoms with Gasteiger partial charge in [-0.05, 0) is 38.5 Å². The molecule has 0 aromatic heterocycles. The van der Waals surface area contributed by atoms with E-state index in [1.807, 2.05) is 60.7 Å². The molecule has 0 spiro atoms. The number of amides is 3. The lowest BCUT2D eigenvalue weighted by Crippen LogP contribution is -2.51. The molecule has 2 rings (SSSR count). The number of nitrogens with one attached hydrogen (secondary N) is 3. The van der Waals surface area contributed by atoms with E-state index in [1.165, 1.54) is 7.11 Å². The van der Waals surface area contributed by atoms with Crippen LogP contribution >= 0.6 is 0 Å². The first kappa shape index (κ1) is 27.7. The van der Waals surface area contributed by atoms with E-state index < -0.39 is 29.7 Å². The molecule has 2 aromatic rings. The highest BCUT2D eigenvalue weighted by Gasteiger charge is 2.25. The first-order valence-electron chi connectivity index (χ1n) is 11.6. The molecule has 2 aromatic carbocycles. The normalized spacial score (nSPS) is 11.8. The largest absolute Gasteiger partial charge is 0.467 e. The van der Waals surface area contributed by atoms with Gasteiger partial charge >= 0.3 is 18.1 Å². The van der Waals surface area contributed by atoms with Crippen molar-refractivity contribution >= 4 is 23.8 Å². The molecule has 1 atom stereocenters. The summed E-state index contributed by atoms with van der Waals surface area (Å²) in [5, 5.41) is 8.70. The molecule has 9 nitrogen and oxygen atoms in total. The van der Waals surface area contributed by atoms with E-state index in [0.717, 1.165) is 5.56 Å². The number of hydrogen-bond donors (Lipinski definition) is 3. The van der Waals surface area contributed by atoms with E-state index in [0.29, 0.717) is 38.3 Å². The Labute approximate surface area is 207 Å². The number of carbonyl (C=O) groups excluding carboxylic acids is 3. The molecule has 0 saturated heterocycles. The van der Waals surface area contributed by atoms with Crippen molar-refractivity contribution in [3.05, 3.63) is 66.2 Å². The highest BCUT2D eigenvalue weighted by Crippen LogP contribution is 2.14. The Morgan fingerprint density at radius 1 is 0.914 bits per heavy atom. The molecular weight excluding hydrogens is 448 g/mol. The molecule has 3 amide bonds. The summed E-state index contributed by atoms with van der Waals surface area (Å²) in [4.78, 5) is 38.9. The van der Waals surface area contributed by atoms with Crippen LogP contribution in [0.15, 0.2) is 60.7 Å². The molecule has 3 N–H and O–H groups in total. The fourth-order valence-corrected chi connectivity index (χ4v) is 3.25. The summed E-state index contributed by atoms with van der Waals surface area (Å²) >= 11 is 0. The number of nitrogens with zero attached hydrogens (tertiary/aromatic N) is 1. The predicted octanol–water partition coefficient (Wildman–Crippen LogP) is 3.10. The zero-order valence-electron chi connectivity index (χ0n) is 20.9. The molecule has 0 bridgehead atoms. The van der Waals surface area contributed by atoms with E-state index in [4.69, 9.17) is 9.47 Å². The van der Waals surface area contributed by atoms with Crippen molar-refractivity contribution in [3.63, 3.8) is 0 Å². The molecule has 0 aliphatic heterocycles. The summed E-state index contributed by atoms with van der Waals surface area (Å²) in [5.41, 5.74) is 1.06. The van der Waals surface area contributed by atoms with Gasteiger partial charge in [-0.1, -0.05) is 48.5 Å². The minimum atomic E-state index is -0.827. The lowest BCUT2D eigenvalue weighted by Gasteiger charge is -2.26. The van der Waals surface area contributed by atoms with Gasteiger partial charge in [0, 0.05) is 38.3 Å². The van der Waals surface area contributed by atoms with Crippen molar-refractivity contribution in [2.75, 3.05) is 38.2 Å². The molecule has 0 saturated carbocycles. The SMILES string of the molecule is COC(=O)C(Cc1ccccc1)NC(=O)N(CCNCCNC(=O)OC(C)(C)C)c1ccccc1. The number of anilines is 1. The number of methoxy groups -OCH3 is 1. The lowest BCUT2D eigenvalue weighted by atomic mass is 10.1. The van der Waals surface area contributed by atoms with Gasteiger partial charge < -0.3 is 25.4 Å². The van der Waals surface area contributed by atoms with Crippen molar-refractivity contribution in [1.29, 1.82) is 0 Å². The molecule has 1 unspecified atom stereocenters. The minimum Gasteiger partial charge on any atom is -0.467 e. The molecule has 0 radical (unpaired) electrons. The van der Waals surface area contributed by atoms with Crippen molar-refractivity contribution in [1.82, 2.24) is 16.0 Å². The summed E-state index contributed by atoms with van der Waals surface area (Å²) in [6.07, 6.45) is -0.159. The third-order valence-corrected chi connectivity index (χ3v) is 4.86. The van der Waals surface area contributed by atoms with E-state index in [2.05, 4.69) is 16.0 Å². The molecule has 0 aliphatic carbocycles. The molecular formula is C26H36N4O5. The quantitative estimate of drug-likeness (QED) is 0.334. The maximum Gasteiger partial charge on any atom is 0.407 e. The number of carbonyl (C=O) groups is 3. The first-order chi connectivity index (χ1) is 16.7. The van der Waals surface area contributed by atoms with Crippen LogP contribution in [0.5, 0.6) is 0 Å². The van der Waals surface area contributed by atoms with Gasteiger partial charge in [0.15, 0.2) is 0 Å². The summed E-state index contributed by atoms with van der Waals surface area (Å²) in [6, 6.07) is 17.4. The maximum atomic E-state index is 13.2. The molecule has 9 heteroatoms. The van der Waals surface area contributed by atoms with E-state index >= 15 is 0 Å². The fraction of sp³-hybridized carbons (Fsp3) is 0.423. The topological polar surface area (TPSA) is 109 Å². The predicted molar refractivity (Wildman–Crippen MR) is 135 cm³/mol. The second-order valence-electron chi connectivity index (χ2n) is 8.88. The van der Waals surface area contributed by atoms with Crippen LogP contribution in [0.3, 0.4) is 0 Å². The van der Waals surface area contributed by atoms with Crippen LogP contribution in [0.2, 0.25) is 0 Å². The molecule has 0 heterocycles. The van der Waals surface area contributed by atoms with Crippen LogP contribution in [0.1, 0.15) is 26.3 Å². The fourth-order valence-electron chi connectivity index (χ4n) is 3.25. The highest BCUT2D eigenvalue weighted by atomic mass is 16.6. The number of benzene rings is 2. The van der Waals surface area contributed by atoms with Gasteiger partial charge in [0.05, 0.1) is 7.11 Å². The standard InChI is InChI=1S/C26H36N4O5/c1-26(2,3)35-25(33)28-16-15-27-17-18-30(21-13-9-6-10-14-21)24(32)29-22(23(31)34-4)19-20-11-7-5-8-12-20/h5-14,22,27H,15-19H2,1-4H3,(H,28,33)(H,29,32). The number of para-hydroxylation sites is 1. The van der Waals surface area contributed by atoms with E-state index in [9.17, 15) is 14.4 Å². The Balaban J connectivity index is 1.95. The second kappa shape index (κ2) is 14.0. The van der Waals surface area contributed by atoms with Crippen LogP contribution in [-0.2, 0) is 20.7 Å². The third kappa shape index (κ3) is 10.5. The summed E-state index contributed by atoms with van der Waals surface area (Å²) in [6.45, 7) is 7.12. The Morgan fingerprint density at radius 2 is 1.54 bits per heavy atom. The van der Waals surface area contributed by atoms with E-state index in [1.54, 1.807) is 25.7 Å². The monoisotopic (exact) mass is 484 g/mol. The van der Waals surface area contributed by atoms with Gasteiger partial charge in [0.25, 0.3) is 0 Å². The summed E-state index contributed by atoms with van der Waals surface area (Å²) in [5.74, 6) is -0.512. The van der Waals surface area contributed by atoms with E-state index in [-0.39, 0.29) is 0 Å². The molecule has 190 valence electrons. The third-order valence-electron chi connectivity index (χ3n) is 4.86. The van der Waals surface area contributed by atoms with Gasteiger partial charge in [0.2, 0.25) is 0 Å². The Bertz CT molecular complexity index is 932. The number of urea groups is 1. The molecule has 0 fully saturated rings. The minimum absolute atomic E-state index is 0.316. The summed E-state index contributed by atoms with van der Waals surface area (Å²) < 4.78 is 10.1. The van der Waals surface area contributed by atoms with Crippen LogP contribution in [-0.4, -0.2) is 63.0 Å². The van der Waals surface area contributed by atoms with Gasteiger partial charge in [0.1, 0.15) is 11.6 Å². The van der Waals surface area contributed by atoms with Gasteiger partial charge in [-0.3, -0.25) is 4.90 Å². The zero-order valence-corrected chi connectivity index (χ0v) is 20.9. The molecule has 35 heavy (non-hydrogen) atoms. The number of ether oxygens (including phenoxy) is 2. The van der Waals surface area contributed by atoms with Crippen molar-refractivity contribution in [2.24, 2.45) is 0 Å². The van der Waals surface area contributed by atoms with Crippen LogP contribution in [0.25, 0.3) is 0 Å². The van der Waals surface area contributed by atoms with Crippen molar-refractivity contribution in [3.8, 4) is 0 Å². The second-order valence-corrected chi connectivity index (χ2v) is 8.88. The number of hydrogen-bond acceptors (Lipinski definition) is 6. The van der Waals surface area contributed by atoms with Crippen molar-refractivity contribution in [2.45, 2.75) is 38.8 Å². The van der Waals surface area contributed by atoms with Crippen LogP contribution in [0, 0.1) is 0 Å². The first-order valence-corrected chi connectivity index (χ1v) is 11.6. The van der Waals surface area contributed by atoms with Crippen LogP contribution in [0.4, 0.5) is 15.3 Å². The highest BCUT2D eigenvalue weighted by molar-refractivity contribution is 5.94. The number of esters is 1.